The first-order valence-electron chi connectivity index (χ1n) is 9.45. The lowest BCUT2D eigenvalue weighted by atomic mass is 9.62. The maximum Gasteiger partial charge on any atom is 0.269 e. The Balaban J connectivity index is 1.50. The highest BCUT2D eigenvalue weighted by atomic mass is 16.2. The van der Waals surface area contributed by atoms with Gasteiger partial charge in [-0.2, -0.15) is 0 Å². The fraction of sp³-hybridized carbons (Fsp3) is 0.684. The zero-order valence-electron chi connectivity index (χ0n) is 16.0. The Morgan fingerprint density at radius 2 is 2.00 bits per heavy atom. The Bertz CT molecular complexity index is 762. The minimum absolute atomic E-state index is 0.140. The molecule has 3 fully saturated rings. The number of fused-ring (bicyclic) bond motifs is 2. The van der Waals surface area contributed by atoms with Crippen LogP contribution in [0.3, 0.4) is 0 Å². The Labute approximate surface area is 154 Å². The van der Waals surface area contributed by atoms with Gasteiger partial charge < -0.3 is 15.1 Å². The summed E-state index contributed by atoms with van der Waals surface area (Å²) in [6, 6.07) is 2.17. The topological polar surface area (TPSA) is 78.4 Å². The maximum atomic E-state index is 12.9. The molecule has 0 spiro atoms. The zero-order valence-corrected chi connectivity index (χ0v) is 16.0. The SMILES string of the molecule is CNC(=O)c1cc(C)nc(N2C[C@@H]3C[C@H]2CN3C(=O)C2CCC2(C)C)n1. The van der Waals surface area contributed by atoms with Crippen LogP contribution in [0.1, 0.15) is 49.3 Å². The van der Waals surface area contributed by atoms with Crippen LogP contribution in [-0.4, -0.2) is 58.9 Å². The summed E-state index contributed by atoms with van der Waals surface area (Å²) < 4.78 is 0. The second kappa shape index (κ2) is 5.93. The number of hydrogen-bond donors (Lipinski definition) is 1. The fourth-order valence-electron chi connectivity index (χ4n) is 4.63. The van der Waals surface area contributed by atoms with Crippen molar-refractivity contribution in [3.05, 3.63) is 17.5 Å². The van der Waals surface area contributed by atoms with Crippen molar-refractivity contribution >= 4 is 17.8 Å². The normalized spacial score (nSPS) is 28.8. The van der Waals surface area contributed by atoms with Gasteiger partial charge in [-0.05, 0) is 37.7 Å². The molecule has 2 bridgehead atoms. The van der Waals surface area contributed by atoms with Crippen LogP contribution in [0, 0.1) is 18.3 Å². The molecule has 1 N–H and O–H groups in total. The van der Waals surface area contributed by atoms with Crippen LogP contribution in [0.15, 0.2) is 6.07 Å². The number of hydrogen-bond acceptors (Lipinski definition) is 5. The van der Waals surface area contributed by atoms with E-state index in [0.29, 0.717) is 17.5 Å². The third-order valence-corrected chi connectivity index (χ3v) is 6.40. The number of aromatic nitrogens is 2. The first-order valence-corrected chi connectivity index (χ1v) is 9.45. The van der Waals surface area contributed by atoms with E-state index in [0.717, 1.165) is 38.0 Å². The largest absolute Gasteiger partial charge is 0.354 e. The summed E-state index contributed by atoms with van der Waals surface area (Å²) in [6.07, 6.45) is 3.11. The van der Waals surface area contributed by atoms with Crippen molar-refractivity contribution in [1.29, 1.82) is 0 Å². The molecular weight excluding hydrogens is 330 g/mol. The summed E-state index contributed by atoms with van der Waals surface area (Å²) in [5.74, 6) is 0.896. The lowest BCUT2D eigenvalue weighted by molar-refractivity contribution is -0.146. The third-order valence-electron chi connectivity index (χ3n) is 6.40. The molecular formula is C19H27N5O2. The monoisotopic (exact) mass is 357 g/mol. The van der Waals surface area contributed by atoms with Crippen molar-refractivity contribution < 1.29 is 9.59 Å². The van der Waals surface area contributed by atoms with E-state index in [1.165, 1.54) is 0 Å². The van der Waals surface area contributed by atoms with Gasteiger partial charge in [0.05, 0.1) is 12.1 Å². The molecule has 1 aliphatic carbocycles. The Morgan fingerprint density at radius 3 is 2.54 bits per heavy atom. The molecule has 1 saturated carbocycles. The van der Waals surface area contributed by atoms with E-state index in [-0.39, 0.29) is 29.3 Å². The molecule has 2 aliphatic heterocycles. The highest BCUT2D eigenvalue weighted by Gasteiger charge is 2.51. The number of nitrogens with zero attached hydrogens (tertiary/aromatic N) is 4. The van der Waals surface area contributed by atoms with Crippen molar-refractivity contribution in [3.8, 4) is 0 Å². The molecule has 1 aromatic rings. The van der Waals surface area contributed by atoms with Crippen LogP contribution in [0.5, 0.6) is 0 Å². The molecule has 3 heterocycles. The molecule has 3 aliphatic rings. The minimum atomic E-state index is -0.204. The highest BCUT2D eigenvalue weighted by Crippen LogP contribution is 2.48. The Kier molecular flexibility index (Phi) is 3.93. The Morgan fingerprint density at radius 1 is 1.23 bits per heavy atom. The van der Waals surface area contributed by atoms with Crippen LogP contribution in [0.2, 0.25) is 0 Å². The maximum absolute atomic E-state index is 12.9. The summed E-state index contributed by atoms with van der Waals surface area (Å²) >= 11 is 0. The van der Waals surface area contributed by atoms with Crippen molar-refractivity contribution in [2.45, 2.75) is 52.1 Å². The van der Waals surface area contributed by atoms with Gasteiger partial charge >= 0.3 is 0 Å². The molecule has 4 rings (SSSR count). The van der Waals surface area contributed by atoms with Crippen molar-refractivity contribution in [2.24, 2.45) is 11.3 Å². The van der Waals surface area contributed by atoms with Gasteiger partial charge in [0.2, 0.25) is 11.9 Å². The summed E-state index contributed by atoms with van der Waals surface area (Å²) in [5.41, 5.74) is 1.31. The summed E-state index contributed by atoms with van der Waals surface area (Å²) in [7, 11) is 1.60. The lowest BCUT2D eigenvalue weighted by Gasteiger charge is -2.46. The lowest BCUT2D eigenvalue weighted by Crippen LogP contribution is -2.54. The molecule has 7 nitrogen and oxygen atoms in total. The van der Waals surface area contributed by atoms with Crippen LogP contribution >= 0.6 is 0 Å². The number of rotatable bonds is 3. The first-order chi connectivity index (χ1) is 12.3. The summed E-state index contributed by atoms with van der Waals surface area (Å²) in [6.45, 7) is 7.75. The van der Waals surface area contributed by atoms with Gasteiger partial charge in [-0.15, -0.1) is 0 Å². The highest BCUT2D eigenvalue weighted by molar-refractivity contribution is 5.92. The first kappa shape index (κ1) is 17.2. The van der Waals surface area contributed by atoms with E-state index in [1.54, 1.807) is 13.1 Å². The second-order valence-electron chi connectivity index (χ2n) is 8.54. The van der Waals surface area contributed by atoms with Crippen molar-refractivity contribution in [2.75, 3.05) is 25.0 Å². The standard InChI is InChI=1S/C19H27N5O2/c1-11-7-15(16(25)20-4)22-18(21-11)24-10-12-8-13(24)9-23(12)17(26)14-5-6-19(14,2)3/h7,12-14H,5-6,8-10H2,1-4H3,(H,20,25)/t12-,13-,14?/m0/s1. The summed E-state index contributed by atoms with van der Waals surface area (Å²) in [5, 5.41) is 2.61. The molecule has 26 heavy (non-hydrogen) atoms. The number of carbonyl (C=O) groups is 2. The molecule has 2 amide bonds. The number of nitrogens with one attached hydrogen (secondary N) is 1. The number of piperazine rings is 1. The van der Waals surface area contributed by atoms with Gasteiger partial charge in [0.15, 0.2) is 0 Å². The molecule has 140 valence electrons. The quantitative estimate of drug-likeness (QED) is 0.884. The molecule has 2 saturated heterocycles. The zero-order chi connectivity index (χ0) is 18.6. The van der Waals surface area contributed by atoms with Gasteiger partial charge in [-0.3, -0.25) is 9.59 Å². The predicted octanol–water partition coefficient (Wildman–Crippen LogP) is 1.37. The van der Waals surface area contributed by atoms with Gasteiger partial charge in [-0.25, -0.2) is 9.97 Å². The molecule has 0 aromatic carbocycles. The number of carbonyl (C=O) groups excluding carboxylic acids is 2. The second-order valence-corrected chi connectivity index (χ2v) is 8.54. The van der Waals surface area contributed by atoms with E-state index in [1.807, 2.05) is 6.92 Å². The van der Waals surface area contributed by atoms with Crippen LogP contribution < -0.4 is 10.2 Å². The fourth-order valence-corrected chi connectivity index (χ4v) is 4.63. The van der Waals surface area contributed by atoms with E-state index in [2.05, 4.69) is 38.9 Å². The predicted molar refractivity (Wildman–Crippen MR) is 97.9 cm³/mol. The van der Waals surface area contributed by atoms with E-state index in [9.17, 15) is 9.59 Å². The van der Waals surface area contributed by atoms with Gasteiger partial charge in [0.25, 0.3) is 5.91 Å². The third kappa shape index (κ3) is 2.64. The van der Waals surface area contributed by atoms with Crippen LogP contribution in [0.25, 0.3) is 0 Å². The number of likely N-dealkylation sites (tertiary alicyclic amines) is 1. The van der Waals surface area contributed by atoms with Gasteiger partial charge in [0.1, 0.15) is 5.69 Å². The molecule has 1 unspecified atom stereocenters. The van der Waals surface area contributed by atoms with Crippen LogP contribution in [0.4, 0.5) is 5.95 Å². The number of anilines is 1. The van der Waals surface area contributed by atoms with Crippen molar-refractivity contribution in [3.63, 3.8) is 0 Å². The van der Waals surface area contributed by atoms with Gasteiger partial charge in [0, 0.05) is 31.7 Å². The molecule has 3 atom stereocenters. The minimum Gasteiger partial charge on any atom is -0.354 e. The smallest absolute Gasteiger partial charge is 0.269 e. The van der Waals surface area contributed by atoms with Crippen molar-refractivity contribution in [1.82, 2.24) is 20.2 Å². The van der Waals surface area contributed by atoms with Crippen LogP contribution in [-0.2, 0) is 4.79 Å². The molecule has 0 radical (unpaired) electrons. The van der Waals surface area contributed by atoms with E-state index >= 15 is 0 Å². The van der Waals surface area contributed by atoms with E-state index < -0.39 is 0 Å². The van der Waals surface area contributed by atoms with Gasteiger partial charge in [-0.1, -0.05) is 13.8 Å². The summed E-state index contributed by atoms with van der Waals surface area (Å²) in [4.78, 5) is 38.1. The average molecular weight is 357 g/mol. The number of amides is 2. The Hall–Kier alpha value is -2.18. The average Bonchev–Trinajstić information content (AvgIpc) is 3.20. The number of aryl methyl sites for hydroxylation is 1. The van der Waals surface area contributed by atoms with E-state index in [4.69, 9.17) is 0 Å². The molecule has 1 aromatic heterocycles. The molecule has 7 heteroatoms.